The highest BCUT2D eigenvalue weighted by atomic mass is 16.5. The number of carbonyl (C=O) groups excluding carboxylic acids is 1. The van der Waals surface area contributed by atoms with E-state index in [0.717, 1.165) is 31.5 Å². The molecule has 3 rings (SSSR count). The largest absolute Gasteiger partial charge is 0.329 e. The van der Waals surface area contributed by atoms with Gasteiger partial charge in [-0.2, -0.15) is 4.98 Å². The Hall–Kier alpha value is -2.44. The SMILES string of the molecule is Cc1cccnc1-c1noc(NC(=O)N2CCCCC2)n1. The van der Waals surface area contributed by atoms with Gasteiger partial charge in [0.2, 0.25) is 5.82 Å². The van der Waals surface area contributed by atoms with Gasteiger partial charge in [0.15, 0.2) is 0 Å². The van der Waals surface area contributed by atoms with Crippen molar-refractivity contribution >= 4 is 12.0 Å². The summed E-state index contributed by atoms with van der Waals surface area (Å²) in [5.41, 5.74) is 1.60. The molecule has 3 heterocycles. The molecule has 110 valence electrons. The molecule has 1 aliphatic rings. The summed E-state index contributed by atoms with van der Waals surface area (Å²) in [6, 6.07) is 3.68. The van der Waals surface area contributed by atoms with Crippen LogP contribution in [0.2, 0.25) is 0 Å². The normalized spacial score (nSPS) is 15.0. The molecular formula is C14H17N5O2. The average molecular weight is 287 g/mol. The van der Waals surface area contributed by atoms with E-state index in [4.69, 9.17) is 4.52 Å². The number of aryl methyl sites for hydroxylation is 1. The maximum atomic E-state index is 12.1. The van der Waals surface area contributed by atoms with Crippen molar-refractivity contribution in [1.29, 1.82) is 0 Å². The van der Waals surface area contributed by atoms with Gasteiger partial charge < -0.3 is 9.42 Å². The lowest BCUT2D eigenvalue weighted by Gasteiger charge is -2.25. The molecule has 2 aromatic rings. The zero-order valence-corrected chi connectivity index (χ0v) is 11.9. The van der Waals surface area contributed by atoms with Crippen LogP contribution in [0.5, 0.6) is 0 Å². The number of rotatable bonds is 2. The van der Waals surface area contributed by atoms with Crippen LogP contribution in [0.3, 0.4) is 0 Å². The molecule has 2 amide bonds. The summed E-state index contributed by atoms with van der Waals surface area (Å²) < 4.78 is 5.08. The average Bonchev–Trinajstić information content (AvgIpc) is 2.97. The summed E-state index contributed by atoms with van der Waals surface area (Å²) in [5.74, 6) is 0.377. The van der Waals surface area contributed by atoms with Crippen LogP contribution in [0.1, 0.15) is 24.8 Å². The maximum Gasteiger partial charge on any atom is 0.329 e. The fourth-order valence-electron chi connectivity index (χ4n) is 2.36. The number of anilines is 1. The van der Waals surface area contributed by atoms with Crippen LogP contribution >= 0.6 is 0 Å². The maximum absolute atomic E-state index is 12.1. The third kappa shape index (κ3) is 3.01. The number of piperidine rings is 1. The Kier molecular flexibility index (Phi) is 3.81. The van der Waals surface area contributed by atoms with E-state index in [1.54, 1.807) is 11.1 Å². The van der Waals surface area contributed by atoms with Crippen LogP contribution in [0.25, 0.3) is 11.5 Å². The summed E-state index contributed by atoms with van der Waals surface area (Å²) in [6.45, 7) is 3.46. The summed E-state index contributed by atoms with van der Waals surface area (Å²) in [4.78, 5) is 22.2. The number of carbonyl (C=O) groups is 1. The van der Waals surface area contributed by atoms with E-state index >= 15 is 0 Å². The highest BCUT2D eigenvalue weighted by molar-refractivity contribution is 5.87. The molecule has 1 N–H and O–H groups in total. The monoisotopic (exact) mass is 287 g/mol. The molecule has 0 aromatic carbocycles. The minimum Gasteiger partial charge on any atom is -0.324 e. The number of amides is 2. The molecule has 1 fully saturated rings. The van der Waals surface area contributed by atoms with E-state index in [1.165, 1.54) is 6.42 Å². The topological polar surface area (TPSA) is 84.2 Å². The van der Waals surface area contributed by atoms with E-state index in [-0.39, 0.29) is 12.0 Å². The fourth-order valence-corrected chi connectivity index (χ4v) is 2.36. The third-order valence-electron chi connectivity index (χ3n) is 3.50. The number of hydrogen-bond acceptors (Lipinski definition) is 5. The van der Waals surface area contributed by atoms with Gasteiger partial charge in [-0.25, -0.2) is 4.79 Å². The first-order valence-electron chi connectivity index (χ1n) is 7.05. The molecule has 1 saturated heterocycles. The molecule has 2 aromatic heterocycles. The molecule has 0 radical (unpaired) electrons. The van der Waals surface area contributed by atoms with Gasteiger partial charge in [-0.15, -0.1) is 0 Å². The number of aromatic nitrogens is 3. The van der Waals surface area contributed by atoms with Crippen LogP contribution in [-0.4, -0.2) is 39.1 Å². The zero-order valence-electron chi connectivity index (χ0n) is 11.9. The van der Waals surface area contributed by atoms with Crippen LogP contribution in [-0.2, 0) is 0 Å². The number of hydrogen-bond donors (Lipinski definition) is 1. The Labute approximate surface area is 122 Å². The smallest absolute Gasteiger partial charge is 0.324 e. The van der Waals surface area contributed by atoms with Crippen molar-refractivity contribution in [2.24, 2.45) is 0 Å². The highest BCUT2D eigenvalue weighted by Gasteiger charge is 2.19. The Morgan fingerprint density at radius 3 is 2.90 bits per heavy atom. The first kappa shape index (κ1) is 13.5. The molecule has 0 saturated carbocycles. The number of pyridine rings is 1. The van der Waals surface area contributed by atoms with Gasteiger partial charge in [0.1, 0.15) is 5.69 Å². The van der Waals surface area contributed by atoms with Crippen molar-refractivity contribution in [1.82, 2.24) is 20.0 Å². The molecule has 0 spiro atoms. The Bertz CT molecular complexity index is 634. The number of urea groups is 1. The third-order valence-corrected chi connectivity index (χ3v) is 3.50. The van der Waals surface area contributed by atoms with Gasteiger partial charge in [-0.05, 0) is 37.8 Å². The van der Waals surface area contributed by atoms with E-state index in [1.807, 2.05) is 19.1 Å². The van der Waals surface area contributed by atoms with Crippen molar-refractivity contribution in [2.75, 3.05) is 18.4 Å². The van der Waals surface area contributed by atoms with Gasteiger partial charge in [0, 0.05) is 19.3 Å². The molecule has 7 nitrogen and oxygen atoms in total. The highest BCUT2D eigenvalue weighted by Crippen LogP contribution is 2.19. The van der Waals surface area contributed by atoms with Crippen molar-refractivity contribution in [3.05, 3.63) is 23.9 Å². The molecule has 7 heteroatoms. The lowest BCUT2D eigenvalue weighted by Crippen LogP contribution is -2.38. The molecular weight excluding hydrogens is 270 g/mol. The fraction of sp³-hybridized carbons (Fsp3) is 0.429. The van der Waals surface area contributed by atoms with Crippen LogP contribution in [0, 0.1) is 6.92 Å². The zero-order chi connectivity index (χ0) is 14.7. The van der Waals surface area contributed by atoms with Crippen molar-refractivity contribution in [3.8, 4) is 11.5 Å². The predicted molar refractivity (Wildman–Crippen MR) is 76.7 cm³/mol. The second kappa shape index (κ2) is 5.90. The van der Waals surface area contributed by atoms with E-state index in [9.17, 15) is 4.79 Å². The summed E-state index contributed by atoms with van der Waals surface area (Å²) in [6.07, 6.45) is 4.92. The van der Waals surface area contributed by atoms with Crippen molar-refractivity contribution in [2.45, 2.75) is 26.2 Å². The molecule has 1 aliphatic heterocycles. The van der Waals surface area contributed by atoms with Crippen molar-refractivity contribution in [3.63, 3.8) is 0 Å². The Morgan fingerprint density at radius 1 is 1.33 bits per heavy atom. The Morgan fingerprint density at radius 2 is 2.14 bits per heavy atom. The van der Waals surface area contributed by atoms with Crippen LogP contribution in [0.15, 0.2) is 22.9 Å². The lowest BCUT2D eigenvalue weighted by molar-refractivity contribution is 0.199. The van der Waals surface area contributed by atoms with E-state index in [0.29, 0.717) is 11.5 Å². The molecule has 0 atom stereocenters. The number of likely N-dealkylation sites (tertiary alicyclic amines) is 1. The number of nitrogens with zero attached hydrogens (tertiary/aromatic N) is 4. The van der Waals surface area contributed by atoms with Gasteiger partial charge in [-0.3, -0.25) is 10.3 Å². The first-order valence-corrected chi connectivity index (χ1v) is 7.05. The number of nitrogens with one attached hydrogen (secondary N) is 1. The second-order valence-electron chi connectivity index (χ2n) is 5.07. The second-order valence-corrected chi connectivity index (χ2v) is 5.07. The Balaban J connectivity index is 1.70. The molecule has 0 unspecified atom stereocenters. The van der Waals surface area contributed by atoms with E-state index in [2.05, 4.69) is 20.4 Å². The molecule has 0 bridgehead atoms. The van der Waals surface area contributed by atoms with Crippen LogP contribution < -0.4 is 5.32 Å². The first-order chi connectivity index (χ1) is 10.2. The van der Waals surface area contributed by atoms with Gasteiger partial charge in [0.05, 0.1) is 0 Å². The standard InChI is InChI=1S/C14H17N5O2/c1-10-6-5-7-15-11(10)12-16-13(21-18-12)17-14(20)19-8-3-2-4-9-19/h5-7H,2-4,8-9H2,1H3,(H,16,17,18,20). The van der Waals surface area contributed by atoms with Crippen molar-refractivity contribution < 1.29 is 9.32 Å². The van der Waals surface area contributed by atoms with Gasteiger partial charge >= 0.3 is 12.0 Å². The van der Waals surface area contributed by atoms with Gasteiger partial charge in [-0.1, -0.05) is 11.2 Å². The molecule has 21 heavy (non-hydrogen) atoms. The summed E-state index contributed by atoms with van der Waals surface area (Å²) in [5, 5.41) is 6.50. The lowest BCUT2D eigenvalue weighted by atomic mass is 10.1. The summed E-state index contributed by atoms with van der Waals surface area (Å²) in [7, 11) is 0. The van der Waals surface area contributed by atoms with Gasteiger partial charge in [0.25, 0.3) is 0 Å². The minimum absolute atomic E-state index is 0.102. The minimum atomic E-state index is -0.192. The quantitative estimate of drug-likeness (QED) is 0.917. The predicted octanol–water partition coefficient (Wildman–Crippen LogP) is 2.46. The van der Waals surface area contributed by atoms with E-state index < -0.39 is 0 Å². The summed E-state index contributed by atoms with van der Waals surface area (Å²) >= 11 is 0. The molecule has 0 aliphatic carbocycles. The van der Waals surface area contributed by atoms with Crippen LogP contribution in [0.4, 0.5) is 10.8 Å².